The van der Waals surface area contributed by atoms with Crippen LogP contribution in [0.2, 0.25) is 0 Å². The molecular formula is C29H18N6. The second kappa shape index (κ2) is 7.81. The molecule has 0 N–H and O–H groups in total. The Morgan fingerprint density at radius 2 is 1.09 bits per heavy atom. The molecule has 0 radical (unpaired) electrons. The molecular weight excluding hydrogens is 432 g/mol. The SMILES string of the molecule is c1ccc(-c2ccc3ccc4ccc(-c5ccccc5-n5nc6ccccc6n5)nc4c3n2)nc1. The van der Waals surface area contributed by atoms with E-state index in [-0.39, 0.29) is 0 Å². The van der Waals surface area contributed by atoms with E-state index >= 15 is 0 Å². The minimum absolute atomic E-state index is 0.825. The Morgan fingerprint density at radius 3 is 1.80 bits per heavy atom. The number of benzene rings is 3. The van der Waals surface area contributed by atoms with Crippen LogP contribution in [0.15, 0.2) is 109 Å². The molecule has 6 heteroatoms. The Balaban J connectivity index is 1.43. The average molecular weight is 451 g/mol. The van der Waals surface area contributed by atoms with Gasteiger partial charge in [-0.25, -0.2) is 9.97 Å². The van der Waals surface area contributed by atoms with Gasteiger partial charge in [0.05, 0.1) is 33.8 Å². The first-order valence-corrected chi connectivity index (χ1v) is 11.4. The summed E-state index contributed by atoms with van der Waals surface area (Å²) in [6.45, 7) is 0. The molecule has 0 aliphatic rings. The number of para-hydroxylation sites is 1. The van der Waals surface area contributed by atoms with E-state index in [2.05, 4.69) is 45.5 Å². The van der Waals surface area contributed by atoms with Crippen molar-refractivity contribution >= 4 is 32.8 Å². The van der Waals surface area contributed by atoms with E-state index in [4.69, 9.17) is 9.97 Å². The summed E-state index contributed by atoms with van der Waals surface area (Å²) in [4.78, 5) is 16.2. The van der Waals surface area contributed by atoms with Crippen molar-refractivity contribution in [2.24, 2.45) is 0 Å². The number of hydrogen-bond acceptors (Lipinski definition) is 5. The van der Waals surface area contributed by atoms with E-state index in [1.807, 2.05) is 72.8 Å². The van der Waals surface area contributed by atoms with Crippen molar-refractivity contribution < 1.29 is 0 Å². The molecule has 0 atom stereocenters. The smallest absolute Gasteiger partial charge is 0.113 e. The summed E-state index contributed by atoms with van der Waals surface area (Å²) < 4.78 is 0. The maximum Gasteiger partial charge on any atom is 0.113 e. The maximum absolute atomic E-state index is 5.10. The number of fused-ring (bicyclic) bond motifs is 4. The van der Waals surface area contributed by atoms with Crippen LogP contribution >= 0.6 is 0 Å². The van der Waals surface area contributed by atoms with Crippen LogP contribution in [-0.4, -0.2) is 29.9 Å². The zero-order chi connectivity index (χ0) is 23.2. The number of aromatic nitrogens is 6. The molecule has 0 bridgehead atoms. The van der Waals surface area contributed by atoms with Gasteiger partial charge in [0.2, 0.25) is 0 Å². The second-order valence-corrected chi connectivity index (χ2v) is 8.31. The predicted molar refractivity (Wildman–Crippen MR) is 138 cm³/mol. The van der Waals surface area contributed by atoms with Crippen LogP contribution in [0.5, 0.6) is 0 Å². The monoisotopic (exact) mass is 450 g/mol. The summed E-state index contributed by atoms with van der Waals surface area (Å²) in [7, 11) is 0. The summed E-state index contributed by atoms with van der Waals surface area (Å²) in [6, 6.07) is 34.2. The third-order valence-corrected chi connectivity index (χ3v) is 6.13. The Labute approximate surface area is 200 Å². The Morgan fingerprint density at radius 1 is 0.486 bits per heavy atom. The molecule has 0 aliphatic heterocycles. The number of hydrogen-bond donors (Lipinski definition) is 0. The van der Waals surface area contributed by atoms with Crippen LogP contribution in [0.4, 0.5) is 0 Å². The molecule has 35 heavy (non-hydrogen) atoms. The molecule has 4 heterocycles. The van der Waals surface area contributed by atoms with Crippen molar-refractivity contribution in [3.8, 4) is 28.3 Å². The first-order chi connectivity index (χ1) is 17.3. The van der Waals surface area contributed by atoms with Crippen molar-refractivity contribution in [1.82, 2.24) is 29.9 Å². The lowest BCUT2D eigenvalue weighted by atomic mass is 10.1. The van der Waals surface area contributed by atoms with Gasteiger partial charge in [0, 0.05) is 22.5 Å². The van der Waals surface area contributed by atoms with Gasteiger partial charge in [-0.05, 0) is 42.5 Å². The number of pyridine rings is 3. The van der Waals surface area contributed by atoms with Crippen LogP contribution in [0.3, 0.4) is 0 Å². The van der Waals surface area contributed by atoms with Gasteiger partial charge in [0.15, 0.2) is 0 Å². The zero-order valence-corrected chi connectivity index (χ0v) is 18.6. The normalized spacial score (nSPS) is 11.4. The average Bonchev–Trinajstić information content (AvgIpc) is 3.37. The fraction of sp³-hybridized carbons (Fsp3) is 0. The van der Waals surface area contributed by atoms with E-state index in [0.717, 1.165) is 61.2 Å². The van der Waals surface area contributed by atoms with E-state index in [9.17, 15) is 0 Å². The lowest BCUT2D eigenvalue weighted by Gasteiger charge is -2.10. The molecule has 164 valence electrons. The zero-order valence-electron chi connectivity index (χ0n) is 18.6. The second-order valence-electron chi connectivity index (χ2n) is 8.31. The Bertz CT molecular complexity index is 1820. The lowest BCUT2D eigenvalue weighted by molar-refractivity contribution is 0.767. The molecule has 7 aromatic rings. The van der Waals surface area contributed by atoms with E-state index < -0.39 is 0 Å². The third kappa shape index (κ3) is 3.31. The summed E-state index contributed by atoms with van der Waals surface area (Å²) in [5.41, 5.74) is 7.74. The fourth-order valence-corrected chi connectivity index (χ4v) is 4.41. The summed E-state index contributed by atoms with van der Waals surface area (Å²) in [6.07, 6.45) is 1.78. The van der Waals surface area contributed by atoms with Crippen molar-refractivity contribution in [2.75, 3.05) is 0 Å². The van der Waals surface area contributed by atoms with Gasteiger partial charge >= 0.3 is 0 Å². The largest absolute Gasteiger partial charge is 0.255 e. The van der Waals surface area contributed by atoms with E-state index in [0.29, 0.717) is 0 Å². The molecule has 0 amide bonds. The fourth-order valence-electron chi connectivity index (χ4n) is 4.41. The molecule has 6 nitrogen and oxygen atoms in total. The van der Waals surface area contributed by atoms with Crippen LogP contribution in [-0.2, 0) is 0 Å². The van der Waals surface area contributed by atoms with Gasteiger partial charge in [-0.15, -0.1) is 15.0 Å². The van der Waals surface area contributed by atoms with Crippen molar-refractivity contribution in [3.05, 3.63) is 109 Å². The third-order valence-electron chi connectivity index (χ3n) is 6.13. The molecule has 0 saturated carbocycles. The van der Waals surface area contributed by atoms with Gasteiger partial charge in [-0.3, -0.25) is 4.98 Å². The minimum Gasteiger partial charge on any atom is -0.255 e. The van der Waals surface area contributed by atoms with Gasteiger partial charge in [0.1, 0.15) is 11.0 Å². The van der Waals surface area contributed by atoms with Gasteiger partial charge in [-0.2, -0.15) is 0 Å². The highest BCUT2D eigenvalue weighted by Gasteiger charge is 2.13. The van der Waals surface area contributed by atoms with E-state index in [1.54, 1.807) is 11.0 Å². The summed E-state index contributed by atoms with van der Waals surface area (Å²) >= 11 is 0. The van der Waals surface area contributed by atoms with Crippen molar-refractivity contribution in [1.29, 1.82) is 0 Å². The predicted octanol–water partition coefficient (Wildman–Crippen LogP) is 6.25. The highest BCUT2D eigenvalue weighted by molar-refractivity contribution is 6.04. The maximum atomic E-state index is 5.10. The molecule has 4 aromatic heterocycles. The molecule has 3 aromatic carbocycles. The van der Waals surface area contributed by atoms with Gasteiger partial charge in [0.25, 0.3) is 0 Å². The van der Waals surface area contributed by atoms with Crippen LogP contribution < -0.4 is 0 Å². The first kappa shape index (κ1) is 19.5. The topological polar surface area (TPSA) is 69.4 Å². The molecule has 0 saturated heterocycles. The molecule has 0 unspecified atom stereocenters. The van der Waals surface area contributed by atoms with Crippen LogP contribution in [0.1, 0.15) is 0 Å². The standard InChI is InChI=1S/C29H18N6/c1-4-11-27(35-33-25-9-2-3-10-26(25)34-35)21(7-1)22-16-14-19-12-13-20-15-17-24(23-8-5-6-18-30-23)32-29(20)28(19)31-22/h1-18H. The van der Waals surface area contributed by atoms with E-state index in [1.165, 1.54) is 0 Å². The Hall–Kier alpha value is -4.97. The highest BCUT2D eigenvalue weighted by Crippen LogP contribution is 2.30. The first-order valence-electron chi connectivity index (χ1n) is 11.4. The van der Waals surface area contributed by atoms with Gasteiger partial charge in [-0.1, -0.05) is 60.7 Å². The van der Waals surface area contributed by atoms with Crippen molar-refractivity contribution in [3.63, 3.8) is 0 Å². The molecule has 0 aliphatic carbocycles. The van der Waals surface area contributed by atoms with Crippen LogP contribution in [0, 0.1) is 0 Å². The van der Waals surface area contributed by atoms with Crippen LogP contribution in [0.25, 0.3) is 61.2 Å². The number of nitrogens with zero attached hydrogens (tertiary/aromatic N) is 6. The highest BCUT2D eigenvalue weighted by atomic mass is 15.5. The molecule has 0 fully saturated rings. The van der Waals surface area contributed by atoms with Crippen molar-refractivity contribution in [2.45, 2.75) is 0 Å². The lowest BCUT2D eigenvalue weighted by Crippen LogP contribution is -2.01. The minimum atomic E-state index is 0.825. The molecule has 0 spiro atoms. The van der Waals surface area contributed by atoms with Gasteiger partial charge < -0.3 is 0 Å². The molecule has 7 rings (SSSR count). The Kier molecular flexibility index (Phi) is 4.35. The summed E-state index contributed by atoms with van der Waals surface area (Å²) in [5, 5.41) is 11.4. The summed E-state index contributed by atoms with van der Waals surface area (Å²) in [5.74, 6) is 0. The quantitative estimate of drug-likeness (QED) is 0.298. The number of rotatable bonds is 3.